The van der Waals surface area contributed by atoms with E-state index in [2.05, 4.69) is 10.2 Å². The number of aryl methyl sites for hydroxylation is 1. The molecular formula is C16H23F3N2O. The van der Waals surface area contributed by atoms with Gasteiger partial charge >= 0.3 is 6.18 Å². The average molecular weight is 316 g/mol. The molecule has 1 aliphatic rings. The zero-order valence-electron chi connectivity index (χ0n) is 12.9. The van der Waals surface area contributed by atoms with Crippen LogP contribution in [-0.4, -0.2) is 44.2 Å². The fourth-order valence-corrected chi connectivity index (χ4v) is 2.57. The maximum absolute atomic E-state index is 12.9. The first-order valence-electron chi connectivity index (χ1n) is 7.76. The van der Waals surface area contributed by atoms with Crippen LogP contribution in [0.15, 0.2) is 18.2 Å². The number of hydrogen-bond donors (Lipinski definition) is 1. The summed E-state index contributed by atoms with van der Waals surface area (Å²) >= 11 is 0. The third-order valence-corrected chi connectivity index (χ3v) is 3.72. The Hall–Kier alpha value is -1.27. The molecule has 1 saturated heterocycles. The lowest BCUT2D eigenvalue weighted by Gasteiger charge is -2.27. The van der Waals surface area contributed by atoms with E-state index in [-0.39, 0.29) is 0 Å². The number of halogens is 3. The number of piperazine rings is 1. The Kier molecular flexibility index (Phi) is 6.08. The van der Waals surface area contributed by atoms with Gasteiger partial charge in [-0.15, -0.1) is 0 Å². The Morgan fingerprint density at radius 3 is 2.55 bits per heavy atom. The molecule has 0 aliphatic carbocycles. The zero-order valence-corrected chi connectivity index (χ0v) is 12.9. The first-order valence-corrected chi connectivity index (χ1v) is 7.76. The van der Waals surface area contributed by atoms with Gasteiger partial charge in [-0.25, -0.2) is 0 Å². The van der Waals surface area contributed by atoms with Crippen molar-refractivity contribution in [2.24, 2.45) is 0 Å². The maximum Gasteiger partial charge on any atom is 0.416 e. The van der Waals surface area contributed by atoms with Crippen LogP contribution in [0.3, 0.4) is 0 Å². The molecule has 0 amide bonds. The van der Waals surface area contributed by atoms with Gasteiger partial charge in [0.25, 0.3) is 0 Å². The van der Waals surface area contributed by atoms with Gasteiger partial charge in [-0.3, -0.25) is 4.90 Å². The molecule has 22 heavy (non-hydrogen) atoms. The van der Waals surface area contributed by atoms with Crippen molar-refractivity contribution >= 4 is 0 Å². The fourth-order valence-electron chi connectivity index (χ4n) is 2.57. The highest BCUT2D eigenvalue weighted by atomic mass is 19.4. The lowest BCUT2D eigenvalue weighted by atomic mass is 10.1. The Bertz CT molecular complexity index is 471. The normalized spacial score (nSPS) is 16.7. The van der Waals surface area contributed by atoms with Crippen LogP contribution in [0.2, 0.25) is 0 Å². The van der Waals surface area contributed by atoms with Crippen molar-refractivity contribution in [2.45, 2.75) is 25.9 Å². The summed E-state index contributed by atoms with van der Waals surface area (Å²) in [6, 6.07) is 4.03. The highest BCUT2D eigenvalue weighted by molar-refractivity contribution is 5.36. The second-order valence-electron chi connectivity index (χ2n) is 5.55. The van der Waals surface area contributed by atoms with Gasteiger partial charge < -0.3 is 10.1 Å². The van der Waals surface area contributed by atoms with Gasteiger partial charge in [0.15, 0.2) is 0 Å². The standard InChI is InChI=1S/C16H23F3N2O/c1-2-3-13-10-14(16(17,18)19)12-15(11-13)22-9-8-21-6-4-20-5-7-21/h10-12,20H,2-9H2,1H3. The van der Waals surface area contributed by atoms with E-state index in [4.69, 9.17) is 4.74 Å². The van der Waals surface area contributed by atoms with Crippen LogP contribution in [0.5, 0.6) is 5.75 Å². The summed E-state index contributed by atoms with van der Waals surface area (Å²) in [6.45, 7) is 6.90. The van der Waals surface area contributed by atoms with Crippen molar-refractivity contribution in [2.75, 3.05) is 39.3 Å². The molecule has 1 aromatic rings. The summed E-state index contributed by atoms with van der Waals surface area (Å²) in [7, 11) is 0. The van der Waals surface area contributed by atoms with E-state index in [1.54, 1.807) is 6.07 Å². The van der Waals surface area contributed by atoms with Crippen molar-refractivity contribution in [3.63, 3.8) is 0 Å². The summed E-state index contributed by atoms with van der Waals surface area (Å²) in [6.07, 6.45) is -2.90. The van der Waals surface area contributed by atoms with Gasteiger partial charge in [0.05, 0.1) is 5.56 Å². The van der Waals surface area contributed by atoms with Crippen LogP contribution < -0.4 is 10.1 Å². The minimum absolute atomic E-state index is 0.313. The maximum atomic E-state index is 12.9. The van der Waals surface area contributed by atoms with Crippen molar-refractivity contribution in [1.82, 2.24) is 10.2 Å². The molecule has 1 fully saturated rings. The Morgan fingerprint density at radius 1 is 1.18 bits per heavy atom. The highest BCUT2D eigenvalue weighted by Gasteiger charge is 2.31. The van der Waals surface area contributed by atoms with Gasteiger partial charge in [0.2, 0.25) is 0 Å². The highest BCUT2D eigenvalue weighted by Crippen LogP contribution is 2.33. The molecule has 0 unspecified atom stereocenters. The number of nitrogens with one attached hydrogen (secondary N) is 1. The summed E-state index contributed by atoms with van der Waals surface area (Å²) in [5, 5.41) is 3.26. The number of nitrogens with zero attached hydrogens (tertiary/aromatic N) is 1. The molecule has 2 rings (SSSR count). The molecule has 6 heteroatoms. The summed E-state index contributed by atoms with van der Waals surface area (Å²) in [5.41, 5.74) is 0.0464. The molecule has 1 N–H and O–H groups in total. The van der Waals surface area contributed by atoms with Gasteiger partial charge in [-0.05, 0) is 30.2 Å². The van der Waals surface area contributed by atoms with Gasteiger partial charge in [-0.1, -0.05) is 13.3 Å². The summed E-state index contributed by atoms with van der Waals surface area (Å²) in [4.78, 5) is 2.25. The molecule has 0 bridgehead atoms. The van der Waals surface area contributed by atoms with Gasteiger partial charge in [0, 0.05) is 32.7 Å². The zero-order chi connectivity index (χ0) is 16.0. The van der Waals surface area contributed by atoms with Crippen molar-refractivity contribution < 1.29 is 17.9 Å². The van der Waals surface area contributed by atoms with Crippen molar-refractivity contribution in [3.8, 4) is 5.75 Å². The predicted octanol–water partition coefficient (Wildman–Crippen LogP) is 2.94. The molecule has 0 saturated carbocycles. The number of ether oxygens (including phenoxy) is 1. The lowest BCUT2D eigenvalue weighted by Crippen LogP contribution is -2.44. The SMILES string of the molecule is CCCc1cc(OCCN2CCNCC2)cc(C(F)(F)F)c1. The molecule has 1 aliphatic heterocycles. The topological polar surface area (TPSA) is 24.5 Å². The minimum atomic E-state index is -4.33. The quantitative estimate of drug-likeness (QED) is 0.873. The average Bonchev–Trinajstić information content (AvgIpc) is 2.48. The Balaban J connectivity index is 1.97. The number of hydrogen-bond acceptors (Lipinski definition) is 3. The van der Waals surface area contributed by atoms with Crippen LogP contribution in [-0.2, 0) is 12.6 Å². The Labute approximate surface area is 129 Å². The van der Waals surface area contributed by atoms with Crippen molar-refractivity contribution in [3.05, 3.63) is 29.3 Å². The number of alkyl halides is 3. The summed E-state index contributed by atoms with van der Waals surface area (Å²) < 4.78 is 44.4. The van der Waals surface area contributed by atoms with Crippen LogP contribution in [0.1, 0.15) is 24.5 Å². The van der Waals surface area contributed by atoms with E-state index in [9.17, 15) is 13.2 Å². The fraction of sp³-hybridized carbons (Fsp3) is 0.625. The van der Waals surface area contributed by atoms with Gasteiger partial charge in [-0.2, -0.15) is 13.2 Å². The smallest absolute Gasteiger partial charge is 0.416 e. The van der Waals surface area contributed by atoms with Crippen LogP contribution in [0, 0.1) is 0 Å². The van der Waals surface area contributed by atoms with Crippen LogP contribution in [0.25, 0.3) is 0 Å². The Morgan fingerprint density at radius 2 is 1.91 bits per heavy atom. The molecule has 0 spiro atoms. The van der Waals surface area contributed by atoms with E-state index in [0.29, 0.717) is 24.3 Å². The first kappa shape index (κ1) is 17.1. The van der Waals surface area contributed by atoms with E-state index in [1.807, 2.05) is 6.92 Å². The van der Waals surface area contributed by atoms with E-state index >= 15 is 0 Å². The molecule has 0 atom stereocenters. The van der Waals surface area contributed by atoms with Crippen LogP contribution in [0.4, 0.5) is 13.2 Å². The van der Waals surface area contributed by atoms with E-state index < -0.39 is 11.7 Å². The van der Waals surface area contributed by atoms with Crippen molar-refractivity contribution in [1.29, 1.82) is 0 Å². The molecule has 0 aromatic heterocycles. The summed E-state index contributed by atoms with van der Waals surface area (Å²) in [5.74, 6) is 0.313. The molecule has 1 aromatic carbocycles. The lowest BCUT2D eigenvalue weighted by molar-refractivity contribution is -0.137. The predicted molar refractivity (Wildman–Crippen MR) is 80.2 cm³/mol. The van der Waals surface area contributed by atoms with E-state index in [0.717, 1.165) is 45.2 Å². The third kappa shape index (κ3) is 5.18. The first-order chi connectivity index (χ1) is 10.5. The molecular weight excluding hydrogens is 293 g/mol. The molecule has 3 nitrogen and oxygen atoms in total. The second-order valence-corrected chi connectivity index (χ2v) is 5.55. The second kappa shape index (κ2) is 7.83. The third-order valence-electron chi connectivity index (χ3n) is 3.72. The van der Waals surface area contributed by atoms with E-state index in [1.165, 1.54) is 6.07 Å². The number of rotatable bonds is 6. The van der Waals surface area contributed by atoms with Gasteiger partial charge in [0.1, 0.15) is 12.4 Å². The largest absolute Gasteiger partial charge is 0.492 e. The monoisotopic (exact) mass is 316 g/mol. The van der Waals surface area contributed by atoms with Crippen LogP contribution >= 0.6 is 0 Å². The molecule has 1 heterocycles. The number of benzene rings is 1. The molecule has 124 valence electrons. The molecule has 0 radical (unpaired) electrons. The minimum Gasteiger partial charge on any atom is -0.492 e.